The zero-order valence-electron chi connectivity index (χ0n) is 8.10. The molecule has 4 nitrogen and oxygen atoms in total. The fourth-order valence-corrected chi connectivity index (χ4v) is 1.15. The molecule has 2 N–H and O–H groups in total. The SMILES string of the molecule is CC(CN)Cn1cc(C#N)ccc1=O. The first kappa shape index (κ1) is 10.5. The molecule has 14 heavy (non-hydrogen) atoms. The van der Waals surface area contributed by atoms with Crippen LogP contribution < -0.4 is 11.3 Å². The van der Waals surface area contributed by atoms with Gasteiger partial charge in [-0.3, -0.25) is 4.79 Å². The number of pyridine rings is 1. The molecule has 1 aromatic heterocycles. The van der Waals surface area contributed by atoms with Crippen LogP contribution in [0.25, 0.3) is 0 Å². The first-order chi connectivity index (χ1) is 6.67. The van der Waals surface area contributed by atoms with Gasteiger partial charge in [0.05, 0.1) is 5.56 Å². The molecule has 0 saturated heterocycles. The molecule has 0 saturated carbocycles. The largest absolute Gasteiger partial charge is 0.330 e. The van der Waals surface area contributed by atoms with E-state index < -0.39 is 0 Å². The fourth-order valence-electron chi connectivity index (χ4n) is 1.15. The molecule has 0 aliphatic heterocycles. The lowest BCUT2D eigenvalue weighted by molar-refractivity contribution is 0.481. The first-order valence-electron chi connectivity index (χ1n) is 4.48. The van der Waals surface area contributed by atoms with Gasteiger partial charge in [0.25, 0.3) is 5.56 Å². The Balaban J connectivity index is 2.96. The van der Waals surface area contributed by atoms with Crippen LogP contribution in [0.15, 0.2) is 23.1 Å². The van der Waals surface area contributed by atoms with E-state index >= 15 is 0 Å². The molecule has 0 aromatic carbocycles. The highest BCUT2D eigenvalue weighted by Crippen LogP contribution is 1.98. The van der Waals surface area contributed by atoms with Gasteiger partial charge < -0.3 is 10.3 Å². The van der Waals surface area contributed by atoms with E-state index in [4.69, 9.17) is 11.0 Å². The third-order valence-corrected chi connectivity index (χ3v) is 2.02. The molecule has 0 aliphatic rings. The van der Waals surface area contributed by atoms with Crippen LogP contribution in [-0.4, -0.2) is 11.1 Å². The monoisotopic (exact) mass is 191 g/mol. The summed E-state index contributed by atoms with van der Waals surface area (Å²) in [4.78, 5) is 11.4. The van der Waals surface area contributed by atoms with Gasteiger partial charge in [0.1, 0.15) is 6.07 Å². The van der Waals surface area contributed by atoms with Gasteiger partial charge in [-0.2, -0.15) is 5.26 Å². The molecule has 1 aromatic rings. The Morgan fingerprint density at radius 1 is 1.64 bits per heavy atom. The Morgan fingerprint density at radius 2 is 2.36 bits per heavy atom. The quantitative estimate of drug-likeness (QED) is 0.747. The van der Waals surface area contributed by atoms with E-state index in [2.05, 4.69) is 0 Å². The minimum Gasteiger partial charge on any atom is -0.330 e. The maximum Gasteiger partial charge on any atom is 0.250 e. The highest BCUT2D eigenvalue weighted by atomic mass is 16.1. The van der Waals surface area contributed by atoms with Crippen LogP contribution in [0.1, 0.15) is 12.5 Å². The summed E-state index contributed by atoms with van der Waals surface area (Å²) in [6.45, 7) is 3.06. The molecule has 0 bridgehead atoms. The van der Waals surface area contributed by atoms with Gasteiger partial charge in [0.2, 0.25) is 0 Å². The number of hydrogen-bond donors (Lipinski definition) is 1. The molecular formula is C10H13N3O. The summed E-state index contributed by atoms with van der Waals surface area (Å²) in [5.41, 5.74) is 5.86. The Labute approximate surface area is 82.6 Å². The van der Waals surface area contributed by atoms with Crippen molar-refractivity contribution in [1.82, 2.24) is 4.57 Å². The molecule has 0 fully saturated rings. The molecule has 0 aliphatic carbocycles. The lowest BCUT2D eigenvalue weighted by atomic mass is 10.2. The fraction of sp³-hybridized carbons (Fsp3) is 0.400. The highest BCUT2D eigenvalue weighted by molar-refractivity contribution is 5.24. The number of nitrogens with two attached hydrogens (primary N) is 1. The third kappa shape index (κ3) is 2.44. The Bertz CT molecular complexity index is 403. The average Bonchev–Trinajstić information content (AvgIpc) is 2.21. The zero-order valence-corrected chi connectivity index (χ0v) is 8.10. The Kier molecular flexibility index (Phi) is 3.43. The van der Waals surface area contributed by atoms with Gasteiger partial charge in [-0.1, -0.05) is 6.92 Å². The van der Waals surface area contributed by atoms with Crippen molar-refractivity contribution in [3.8, 4) is 6.07 Å². The summed E-state index contributed by atoms with van der Waals surface area (Å²) in [5, 5.41) is 8.65. The molecule has 0 radical (unpaired) electrons. The van der Waals surface area contributed by atoms with Crippen molar-refractivity contribution in [3.05, 3.63) is 34.2 Å². The van der Waals surface area contributed by atoms with E-state index in [0.717, 1.165) is 0 Å². The molecule has 0 amide bonds. The summed E-state index contributed by atoms with van der Waals surface area (Å²) in [6.07, 6.45) is 1.56. The van der Waals surface area contributed by atoms with Crippen molar-refractivity contribution in [2.45, 2.75) is 13.5 Å². The van der Waals surface area contributed by atoms with Crippen molar-refractivity contribution in [2.75, 3.05) is 6.54 Å². The predicted octanol–water partition coefficient (Wildman–Crippen LogP) is 0.315. The van der Waals surface area contributed by atoms with Crippen LogP contribution in [0, 0.1) is 17.2 Å². The van der Waals surface area contributed by atoms with Crippen LogP contribution in [0.5, 0.6) is 0 Å². The summed E-state index contributed by atoms with van der Waals surface area (Å²) in [6, 6.07) is 4.92. The topological polar surface area (TPSA) is 71.8 Å². The van der Waals surface area contributed by atoms with Gasteiger partial charge in [-0.25, -0.2) is 0 Å². The van der Waals surface area contributed by atoms with Gasteiger partial charge in [0, 0.05) is 18.8 Å². The number of aromatic nitrogens is 1. The lowest BCUT2D eigenvalue weighted by Gasteiger charge is -2.10. The van der Waals surface area contributed by atoms with Crippen LogP contribution in [0.4, 0.5) is 0 Å². The summed E-state index contributed by atoms with van der Waals surface area (Å²) in [7, 11) is 0. The molecule has 74 valence electrons. The van der Waals surface area contributed by atoms with E-state index in [9.17, 15) is 4.79 Å². The van der Waals surface area contributed by atoms with Crippen LogP contribution in [0.3, 0.4) is 0 Å². The first-order valence-corrected chi connectivity index (χ1v) is 4.48. The van der Waals surface area contributed by atoms with E-state index in [1.54, 1.807) is 6.20 Å². The van der Waals surface area contributed by atoms with Crippen LogP contribution in [-0.2, 0) is 6.54 Å². The summed E-state index contributed by atoms with van der Waals surface area (Å²) < 4.78 is 1.52. The normalized spacial score (nSPS) is 12.1. The number of hydrogen-bond acceptors (Lipinski definition) is 3. The standard InChI is InChI=1S/C10H13N3O/c1-8(4-11)6-13-7-9(5-12)2-3-10(13)14/h2-3,7-8H,4,6,11H2,1H3. The van der Waals surface area contributed by atoms with Crippen molar-refractivity contribution < 1.29 is 0 Å². The number of nitrogens with zero attached hydrogens (tertiary/aromatic N) is 2. The molecule has 0 spiro atoms. The van der Waals surface area contributed by atoms with Crippen molar-refractivity contribution >= 4 is 0 Å². The predicted molar refractivity (Wildman–Crippen MR) is 53.6 cm³/mol. The van der Waals surface area contributed by atoms with Crippen molar-refractivity contribution in [2.24, 2.45) is 11.7 Å². The van der Waals surface area contributed by atoms with Crippen LogP contribution >= 0.6 is 0 Å². The minimum absolute atomic E-state index is 0.0932. The van der Waals surface area contributed by atoms with E-state index in [1.807, 2.05) is 13.0 Å². The number of rotatable bonds is 3. The summed E-state index contributed by atoms with van der Waals surface area (Å²) in [5.74, 6) is 0.238. The van der Waals surface area contributed by atoms with E-state index in [-0.39, 0.29) is 11.5 Å². The van der Waals surface area contributed by atoms with Crippen molar-refractivity contribution in [3.63, 3.8) is 0 Å². The Hall–Kier alpha value is -1.60. The second-order valence-electron chi connectivity index (χ2n) is 3.36. The van der Waals surface area contributed by atoms with E-state index in [0.29, 0.717) is 18.7 Å². The molecule has 1 rings (SSSR count). The van der Waals surface area contributed by atoms with Gasteiger partial charge in [-0.15, -0.1) is 0 Å². The molecule has 1 unspecified atom stereocenters. The smallest absolute Gasteiger partial charge is 0.250 e. The van der Waals surface area contributed by atoms with Gasteiger partial charge in [-0.05, 0) is 18.5 Å². The number of nitriles is 1. The van der Waals surface area contributed by atoms with Gasteiger partial charge in [0.15, 0.2) is 0 Å². The highest BCUT2D eigenvalue weighted by Gasteiger charge is 2.03. The summed E-state index contributed by atoms with van der Waals surface area (Å²) >= 11 is 0. The Morgan fingerprint density at radius 3 is 2.93 bits per heavy atom. The zero-order chi connectivity index (χ0) is 10.6. The second kappa shape index (κ2) is 4.58. The second-order valence-corrected chi connectivity index (χ2v) is 3.36. The minimum atomic E-state index is -0.0932. The van der Waals surface area contributed by atoms with Gasteiger partial charge >= 0.3 is 0 Å². The molecule has 4 heteroatoms. The van der Waals surface area contributed by atoms with Crippen molar-refractivity contribution in [1.29, 1.82) is 5.26 Å². The lowest BCUT2D eigenvalue weighted by Crippen LogP contribution is -2.25. The third-order valence-electron chi connectivity index (χ3n) is 2.02. The molecular weight excluding hydrogens is 178 g/mol. The van der Waals surface area contributed by atoms with Crippen LogP contribution in [0.2, 0.25) is 0 Å². The average molecular weight is 191 g/mol. The molecule has 1 heterocycles. The maximum atomic E-state index is 11.4. The van der Waals surface area contributed by atoms with E-state index in [1.165, 1.54) is 16.7 Å². The molecule has 1 atom stereocenters. The maximum absolute atomic E-state index is 11.4.